The zero-order chi connectivity index (χ0) is 29.2. The first-order chi connectivity index (χ1) is 21.7. The number of para-hydroxylation sites is 4. The molecule has 0 bridgehead atoms. The van der Waals surface area contributed by atoms with Crippen LogP contribution in [0.3, 0.4) is 0 Å². The molecule has 6 nitrogen and oxygen atoms in total. The van der Waals surface area contributed by atoms with E-state index >= 15 is 0 Å². The predicted molar refractivity (Wildman–Crippen MR) is 175 cm³/mol. The van der Waals surface area contributed by atoms with Crippen LogP contribution in [0.1, 0.15) is 0 Å². The Morgan fingerprint density at radius 3 is 2.18 bits per heavy atom. The molecule has 0 radical (unpaired) electrons. The summed E-state index contributed by atoms with van der Waals surface area (Å²) < 4.78 is 10.6. The second-order valence-corrected chi connectivity index (χ2v) is 10.9. The molecular formula is C38H25N5OPt. The normalized spacial score (nSPS) is 13.8. The van der Waals surface area contributed by atoms with Gasteiger partial charge in [-0.15, -0.1) is 42.2 Å². The largest absolute Gasteiger partial charge is 4.00 e. The molecule has 218 valence electrons. The monoisotopic (exact) mass is 762 g/mol. The molecule has 0 fully saturated rings. The van der Waals surface area contributed by atoms with Gasteiger partial charge >= 0.3 is 21.1 Å². The number of benzene rings is 5. The summed E-state index contributed by atoms with van der Waals surface area (Å²) >= 11 is 0. The second kappa shape index (κ2) is 10.8. The van der Waals surface area contributed by atoms with Crippen molar-refractivity contribution in [2.24, 2.45) is 0 Å². The van der Waals surface area contributed by atoms with Crippen molar-refractivity contribution < 1.29 is 25.8 Å². The van der Waals surface area contributed by atoms with Gasteiger partial charge in [0.1, 0.15) is 5.75 Å². The standard InChI is InChI=1S/C38H25N5O.Pt/c1-39-26-41(25-38(39)43-32-15-4-2-13-30(32)31-14-3-5-16-33(31)43)27-11-10-12-29(23-27)42-34-17-6-7-18-36(34)44-37-20-19-28(24-35(37)42)40-21-8-9-22-40;/h2-21,25-26H,1H3;/q-4;+4. The average Bonchev–Trinajstić information content (AvgIpc) is 3.82. The van der Waals surface area contributed by atoms with Crippen LogP contribution in [0.4, 0.5) is 22.7 Å². The SMILES string of the molecule is CN1[CH-]N(c2[c-]c(N3c4[c-]c(-n5[c-]ccc5)ccc4Oc4ccccc43)ccc2)C=C1n1c2ccccc2c2ccccc21.[Pt+4]. The van der Waals surface area contributed by atoms with Crippen LogP contribution >= 0.6 is 0 Å². The Morgan fingerprint density at radius 1 is 0.667 bits per heavy atom. The van der Waals surface area contributed by atoms with Gasteiger partial charge in [0.25, 0.3) is 0 Å². The smallest absolute Gasteiger partial charge is 0.513 e. The van der Waals surface area contributed by atoms with E-state index < -0.39 is 0 Å². The molecule has 0 N–H and O–H groups in total. The summed E-state index contributed by atoms with van der Waals surface area (Å²) in [6.45, 7) is 2.10. The quantitative estimate of drug-likeness (QED) is 0.168. The van der Waals surface area contributed by atoms with Crippen LogP contribution < -0.4 is 14.5 Å². The van der Waals surface area contributed by atoms with Gasteiger partial charge in [0, 0.05) is 22.7 Å². The van der Waals surface area contributed by atoms with E-state index in [1.807, 2.05) is 53.2 Å². The van der Waals surface area contributed by atoms with Crippen molar-refractivity contribution in [3.8, 4) is 17.2 Å². The maximum absolute atomic E-state index is 6.33. The van der Waals surface area contributed by atoms with Gasteiger partial charge in [0.2, 0.25) is 0 Å². The Balaban J connectivity index is 0.00000300. The Hall–Kier alpha value is -5.19. The molecule has 7 aromatic rings. The Bertz CT molecular complexity index is 2180. The molecule has 9 rings (SSSR count). The fraction of sp³-hybridized carbons (Fsp3) is 0.0263. The molecule has 0 atom stereocenters. The molecule has 7 heteroatoms. The fourth-order valence-electron chi connectivity index (χ4n) is 6.25. The Labute approximate surface area is 275 Å². The van der Waals surface area contributed by atoms with Gasteiger partial charge in [0.15, 0.2) is 0 Å². The van der Waals surface area contributed by atoms with Crippen LogP contribution in [0.25, 0.3) is 33.3 Å². The topological polar surface area (TPSA) is 28.8 Å². The maximum atomic E-state index is 6.33. The van der Waals surface area contributed by atoms with Gasteiger partial charge in [-0.2, -0.15) is 36.6 Å². The molecule has 2 aliphatic rings. The molecule has 5 aromatic carbocycles. The Kier molecular flexibility index (Phi) is 6.54. The van der Waals surface area contributed by atoms with Gasteiger partial charge in [-0.05, 0) is 37.0 Å². The van der Waals surface area contributed by atoms with Gasteiger partial charge in [-0.3, -0.25) is 4.57 Å². The van der Waals surface area contributed by atoms with E-state index in [1.165, 1.54) is 21.8 Å². The van der Waals surface area contributed by atoms with Crippen LogP contribution in [-0.2, 0) is 21.1 Å². The summed E-state index contributed by atoms with van der Waals surface area (Å²) in [5.41, 5.74) is 6.79. The third-order valence-corrected chi connectivity index (χ3v) is 8.23. The zero-order valence-electron chi connectivity index (χ0n) is 24.2. The van der Waals surface area contributed by atoms with E-state index in [0.29, 0.717) is 0 Å². The van der Waals surface area contributed by atoms with Crippen LogP contribution in [-0.4, -0.2) is 21.1 Å². The van der Waals surface area contributed by atoms with Crippen molar-refractivity contribution in [3.05, 3.63) is 153 Å². The number of nitrogens with zero attached hydrogens (tertiary/aromatic N) is 5. The molecule has 0 aliphatic carbocycles. The number of hydrogen-bond donors (Lipinski definition) is 0. The first kappa shape index (κ1) is 27.4. The molecule has 0 spiro atoms. The molecule has 0 saturated carbocycles. The molecule has 0 saturated heterocycles. The van der Waals surface area contributed by atoms with Crippen molar-refractivity contribution in [2.45, 2.75) is 0 Å². The van der Waals surface area contributed by atoms with Crippen molar-refractivity contribution in [1.82, 2.24) is 14.0 Å². The molecule has 2 aliphatic heterocycles. The number of anilines is 4. The van der Waals surface area contributed by atoms with Crippen molar-refractivity contribution in [3.63, 3.8) is 0 Å². The van der Waals surface area contributed by atoms with Gasteiger partial charge in [-0.25, -0.2) is 0 Å². The summed E-state index contributed by atoms with van der Waals surface area (Å²) in [6.07, 6.45) is 7.35. The van der Waals surface area contributed by atoms with Crippen LogP contribution in [0, 0.1) is 25.0 Å². The summed E-state index contributed by atoms with van der Waals surface area (Å²) in [6, 6.07) is 46.6. The number of hydrogen-bond acceptors (Lipinski definition) is 4. The molecule has 4 heterocycles. The van der Waals surface area contributed by atoms with Gasteiger partial charge in [-0.1, -0.05) is 60.4 Å². The van der Waals surface area contributed by atoms with E-state index in [4.69, 9.17) is 4.74 Å². The number of fused-ring (bicyclic) bond motifs is 5. The van der Waals surface area contributed by atoms with Crippen molar-refractivity contribution in [1.29, 1.82) is 0 Å². The van der Waals surface area contributed by atoms with Crippen molar-refractivity contribution >= 4 is 50.4 Å². The molecular weight excluding hydrogens is 738 g/mol. The molecule has 45 heavy (non-hydrogen) atoms. The second-order valence-electron chi connectivity index (χ2n) is 10.9. The van der Waals surface area contributed by atoms with Crippen LogP contribution in [0.15, 0.2) is 128 Å². The number of aromatic nitrogens is 2. The third kappa shape index (κ3) is 4.36. The molecule has 0 unspecified atom stereocenters. The summed E-state index contributed by atoms with van der Waals surface area (Å²) in [7, 11) is 2.09. The first-order valence-corrected chi connectivity index (χ1v) is 14.5. The van der Waals surface area contributed by atoms with Gasteiger partial charge in [0.05, 0.1) is 22.5 Å². The van der Waals surface area contributed by atoms with Crippen LogP contribution in [0.5, 0.6) is 11.5 Å². The number of rotatable bonds is 4. The van der Waals surface area contributed by atoms with E-state index in [0.717, 1.165) is 45.8 Å². The van der Waals surface area contributed by atoms with Crippen LogP contribution in [0.2, 0.25) is 0 Å². The summed E-state index contributed by atoms with van der Waals surface area (Å²) in [4.78, 5) is 6.46. The molecule has 2 aromatic heterocycles. The molecule has 0 amide bonds. The van der Waals surface area contributed by atoms with E-state index in [9.17, 15) is 0 Å². The summed E-state index contributed by atoms with van der Waals surface area (Å²) in [5.74, 6) is 2.58. The third-order valence-electron chi connectivity index (χ3n) is 8.23. The van der Waals surface area contributed by atoms with E-state index in [-0.39, 0.29) is 21.1 Å². The van der Waals surface area contributed by atoms with E-state index in [1.54, 1.807) is 0 Å². The maximum Gasteiger partial charge on any atom is 4.00 e. The predicted octanol–water partition coefficient (Wildman–Crippen LogP) is 8.89. The first-order valence-electron chi connectivity index (χ1n) is 14.5. The van der Waals surface area contributed by atoms with Crippen molar-refractivity contribution in [2.75, 3.05) is 16.8 Å². The van der Waals surface area contributed by atoms with E-state index in [2.05, 4.69) is 130 Å². The zero-order valence-corrected chi connectivity index (χ0v) is 26.4. The van der Waals surface area contributed by atoms with Gasteiger partial charge < -0.3 is 24.0 Å². The fourth-order valence-corrected chi connectivity index (χ4v) is 6.25. The number of ether oxygens (including phenoxy) is 1. The average molecular weight is 763 g/mol. The Morgan fingerprint density at radius 2 is 1.40 bits per heavy atom. The minimum atomic E-state index is 0. The minimum absolute atomic E-state index is 0. The minimum Gasteiger partial charge on any atom is -0.513 e. The summed E-state index contributed by atoms with van der Waals surface area (Å²) in [5, 5.41) is 2.48.